The molecule has 2 N–H and O–H groups in total. The predicted molar refractivity (Wildman–Crippen MR) is 104 cm³/mol. The van der Waals surface area contributed by atoms with Crippen molar-refractivity contribution in [1.82, 2.24) is 14.8 Å². The molecule has 1 amide bonds. The van der Waals surface area contributed by atoms with Crippen molar-refractivity contribution in [2.45, 2.75) is 32.9 Å². The first-order chi connectivity index (χ1) is 13.4. The second-order valence-corrected chi connectivity index (χ2v) is 6.88. The molecule has 4 rings (SSSR count). The summed E-state index contributed by atoms with van der Waals surface area (Å²) in [7, 11) is 0. The highest BCUT2D eigenvalue weighted by molar-refractivity contribution is 5.89. The SMILES string of the molecule is [2H]C1=C(C=Cn2c3c(c4cc(C)ccc42)CN(C(=O)O)CC3)C=CC(C)N1[2H]. The van der Waals surface area contributed by atoms with Crippen LogP contribution in [0.5, 0.6) is 0 Å². The fourth-order valence-electron chi connectivity index (χ4n) is 3.59. The summed E-state index contributed by atoms with van der Waals surface area (Å²) in [5, 5.41) is 11.7. The minimum absolute atomic E-state index is 0.116. The first-order valence-corrected chi connectivity index (χ1v) is 8.82. The lowest BCUT2D eigenvalue weighted by atomic mass is 10.0. The minimum atomic E-state index is -0.893. The minimum Gasteiger partial charge on any atom is -0.465 e. The molecule has 0 bridgehead atoms. The van der Waals surface area contributed by atoms with Gasteiger partial charge < -0.3 is 19.9 Å². The molecule has 5 nitrogen and oxygen atoms in total. The molecule has 2 aromatic rings. The molecule has 0 saturated heterocycles. The average molecular weight is 351 g/mol. The van der Waals surface area contributed by atoms with Crippen LogP contribution in [0.25, 0.3) is 17.1 Å². The van der Waals surface area contributed by atoms with Crippen molar-refractivity contribution in [3.05, 3.63) is 65.0 Å². The number of hydrogen-bond donors (Lipinski definition) is 2. The molecule has 1 atom stereocenters. The molecule has 1 aromatic heterocycles. The van der Waals surface area contributed by atoms with Crippen LogP contribution < -0.4 is 5.31 Å². The van der Waals surface area contributed by atoms with E-state index in [0.717, 1.165) is 27.7 Å². The van der Waals surface area contributed by atoms with E-state index in [2.05, 4.69) is 22.8 Å². The van der Waals surface area contributed by atoms with Gasteiger partial charge in [-0.3, -0.25) is 0 Å². The Bertz CT molecular complexity index is 1050. The third kappa shape index (κ3) is 2.90. The van der Waals surface area contributed by atoms with Gasteiger partial charge in [-0.25, -0.2) is 4.79 Å². The van der Waals surface area contributed by atoms with Crippen LogP contribution in [0.4, 0.5) is 4.79 Å². The predicted octanol–water partition coefficient (Wildman–Crippen LogP) is 3.89. The smallest absolute Gasteiger partial charge is 0.407 e. The van der Waals surface area contributed by atoms with Gasteiger partial charge in [-0.15, -0.1) is 0 Å². The maximum Gasteiger partial charge on any atom is 0.407 e. The van der Waals surface area contributed by atoms with Gasteiger partial charge in [-0.05, 0) is 37.6 Å². The van der Waals surface area contributed by atoms with E-state index in [4.69, 9.17) is 2.78 Å². The number of hydrogen-bond acceptors (Lipinski definition) is 2. The molecular weight excluding hydrogens is 326 g/mol. The van der Waals surface area contributed by atoms with Crippen LogP contribution in [0.1, 0.15) is 25.1 Å². The Labute approximate surface area is 155 Å². The highest BCUT2D eigenvalue weighted by atomic mass is 16.4. The highest BCUT2D eigenvalue weighted by Crippen LogP contribution is 2.32. The third-order valence-electron chi connectivity index (χ3n) is 4.97. The standard InChI is InChI=1S/C21H23N3O2/c1-14-3-6-19-17(11-14)18-13-23(21(25)26)9-8-20(18)24(19)10-7-16-5-4-15(2)22-12-16/h3-7,10-12,15,22H,8-9,13H2,1-2H3,(H,25,26)/i12D/hD. The molecule has 0 saturated carbocycles. The van der Waals surface area contributed by atoms with Gasteiger partial charge in [0.2, 0.25) is 0 Å². The summed E-state index contributed by atoms with van der Waals surface area (Å²) in [5.41, 5.74) is 5.00. The Morgan fingerprint density at radius 3 is 3.15 bits per heavy atom. The van der Waals surface area contributed by atoms with Crippen molar-refractivity contribution in [3.8, 4) is 0 Å². The van der Waals surface area contributed by atoms with E-state index in [1.54, 1.807) is 0 Å². The van der Waals surface area contributed by atoms with Crippen molar-refractivity contribution in [3.63, 3.8) is 0 Å². The fourth-order valence-corrected chi connectivity index (χ4v) is 3.59. The van der Waals surface area contributed by atoms with Crippen molar-refractivity contribution in [2.75, 3.05) is 6.54 Å². The van der Waals surface area contributed by atoms with Gasteiger partial charge in [0.15, 0.2) is 1.41 Å². The number of benzene rings is 1. The zero-order valence-corrected chi connectivity index (χ0v) is 14.9. The van der Waals surface area contributed by atoms with Gasteiger partial charge in [0, 0.05) is 48.0 Å². The Hall–Kier alpha value is -2.95. The van der Waals surface area contributed by atoms with Crippen LogP contribution in [0, 0.1) is 6.92 Å². The molecule has 0 aliphatic carbocycles. The largest absolute Gasteiger partial charge is 0.465 e. The molecule has 0 fully saturated rings. The van der Waals surface area contributed by atoms with E-state index < -0.39 is 6.09 Å². The number of fused-ring (bicyclic) bond motifs is 3. The van der Waals surface area contributed by atoms with Crippen molar-refractivity contribution in [1.29, 1.82) is 0 Å². The molecule has 2 aliphatic rings. The Balaban J connectivity index is 1.80. The zero-order chi connectivity index (χ0) is 20.0. The van der Waals surface area contributed by atoms with E-state index in [1.807, 2.05) is 38.3 Å². The number of carbonyl (C=O) groups is 1. The van der Waals surface area contributed by atoms with Crippen molar-refractivity contribution >= 4 is 23.2 Å². The lowest BCUT2D eigenvalue weighted by Gasteiger charge is -2.25. The first kappa shape index (κ1) is 14.2. The zero-order valence-electron chi connectivity index (χ0n) is 16.9. The van der Waals surface area contributed by atoms with Gasteiger partial charge in [0.1, 0.15) is 0 Å². The fraction of sp³-hybridized carbons (Fsp3) is 0.286. The number of dihydropyridines is 1. The molecule has 3 heterocycles. The van der Waals surface area contributed by atoms with E-state index in [0.29, 0.717) is 25.1 Å². The lowest BCUT2D eigenvalue weighted by Crippen LogP contribution is -2.34. The van der Waals surface area contributed by atoms with Gasteiger partial charge in [-0.1, -0.05) is 23.8 Å². The van der Waals surface area contributed by atoms with Crippen LogP contribution in [-0.2, 0) is 13.0 Å². The molecule has 0 spiro atoms. The lowest BCUT2D eigenvalue weighted by molar-refractivity contribution is 0.140. The number of nitrogens with zero attached hydrogens (tertiary/aromatic N) is 2. The average Bonchev–Trinajstić information content (AvgIpc) is 2.98. The van der Waals surface area contributed by atoms with Gasteiger partial charge in [-0.2, -0.15) is 0 Å². The summed E-state index contributed by atoms with van der Waals surface area (Å²) >= 11 is 0. The van der Waals surface area contributed by atoms with Gasteiger partial charge in [0.25, 0.3) is 0 Å². The molecule has 5 heteroatoms. The number of amides is 1. The highest BCUT2D eigenvalue weighted by Gasteiger charge is 2.25. The molecule has 1 unspecified atom stereocenters. The maximum absolute atomic E-state index is 11.4. The van der Waals surface area contributed by atoms with Crippen LogP contribution in [0.3, 0.4) is 0 Å². The van der Waals surface area contributed by atoms with Gasteiger partial charge >= 0.3 is 6.09 Å². The summed E-state index contributed by atoms with van der Waals surface area (Å²) in [6.07, 6.45) is 7.50. The van der Waals surface area contributed by atoms with E-state index in [-0.39, 0.29) is 12.2 Å². The number of allylic oxidation sites excluding steroid dienone is 3. The van der Waals surface area contributed by atoms with Crippen LogP contribution >= 0.6 is 0 Å². The van der Waals surface area contributed by atoms with E-state index >= 15 is 0 Å². The Morgan fingerprint density at radius 2 is 2.35 bits per heavy atom. The monoisotopic (exact) mass is 351 g/mol. The Morgan fingerprint density at radius 1 is 1.50 bits per heavy atom. The van der Waals surface area contributed by atoms with Crippen LogP contribution in [0.15, 0.2) is 48.2 Å². The van der Waals surface area contributed by atoms with E-state index in [1.165, 1.54) is 10.2 Å². The number of carboxylic acid groups (broad SMARTS) is 1. The maximum atomic E-state index is 11.4. The molecule has 134 valence electrons. The summed E-state index contributed by atoms with van der Waals surface area (Å²) in [5.74, 6) is 0. The first-order valence-electron chi connectivity index (χ1n) is 9.77. The number of aryl methyl sites for hydroxylation is 1. The quantitative estimate of drug-likeness (QED) is 0.863. The second-order valence-electron chi connectivity index (χ2n) is 6.88. The second kappa shape index (κ2) is 6.41. The van der Waals surface area contributed by atoms with Crippen LogP contribution in [0.2, 0.25) is 1.41 Å². The van der Waals surface area contributed by atoms with Crippen LogP contribution in [-0.4, -0.2) is 33.3 Å². The van der Waals surface area contributed by atoms with Crippen molar-refractivity contribution < 1.29 is 12.7 Å². The summed E-state index contributed by atoms with van der Waals surface area (Å²) in [4.78, 5) is 12.9. The molecule has 2 aliphatic heterocycles. The topological polar surface area (TPSA) is 57.5 Å². The molecule has 0 radical (unpaired) electrons. The normalized spacial score (nSPS) is 21.4. The van der Waals surface area contributed by atoms with E-state index in [9.17, 15) is 9.90 Å². The summed E-state index contributed by atoms with van der Waals surface area (Å²) < 4.78 is 18.3. The number of nitrogens with one attached hydrogen (secondary N) is 1. The summed E-state index contributed by atoms with van der Waals surface area (Å²) in [6.45, 7) is 4.77. The third-order valence-corrected chi connectivity index (χ3v) is 4.97. The number of aromatic nitrogens is 1. The molecular formula is C21H23N3O2. The Kier molecular flexibility index (Phi) is 3.51. The number of rotatable bonds is 2. The molecule has 1 aromatic carbocycles. The molecule has 26 heavy (non-hydrogen) atoms. The van der Waals surface area contributed by atoms with Crippen molar-refractivity contribution in [2.24, 2.45) is 0 Å². The summed E-state index contributed by atoms with van der Waals surface area (Å²) in [6, 6.07) is 6.10. The van der Waals surface area contributed by atoms with Gasteiger partial charge in [0.05, 0.1) is 13.4 Å².